The minimum atomic E-state index is -0.281. The van der Waals surface area contributed by atoms with E-state index in [1.54, 1.807) is 12.1 Å². The number of allylic oxidation sites excluding steroid dienone is 1. The summed E-state index contributed by atoms with van der Waals surface area (Å²) in [6, 6.07) is 5.24. The zero-order valence-electron chi connectivity index (χ0n) is 10.8. The Kier molecular flexibility index (Phi) is 5.39. The van der Waals surface area contributed by atoms with Gasteiger partial charge in [-0.3, -0.25) is 4.79 Å². The third-order valence-electron chi connectivity index (χ3n) is 2.90. The molecular weight excluding hydrogens is 230 g/mol. The Hall–Kier alpha value is -1.81. The largest absolute Gasteiger partial charge is 0.507 e. The van der Waals surface area contributed by atoms with Crippen LogP contribution in [-0.4, -0.2) is 36.2 Å². The van der Waals surface area contributed by atoms with Crippen molar-refractivity contribution in [3.8, 4) is 5.75 Å². The van der Waals surface area contributed by atoms with Crippen molar-refractivity contribution >= 4 is 17.5 Å². The highest BCUT2D eigenvalue weighted by atomic mass is 16.3. The van der Waals surface area contributed by atoms with Crippen LogP contribution >= 0.6 is 0 Å². The predicted molar refractivity (Wildman–Crippen MR) is 72.8 cm³/mol. The quantitative estimate of drug-likeness (QED) is 0.596. The Balaban J connectivity index is 3.13. The van der Waals surface area contributed by atoms with Gasteiger partial charge in [0.15, 0.2) is 0 Å². The van der Waals surface area contributed by atoms with Gasteiger partial charge in [0.25, 0.3) is 0 Å². The highest BCUT2D eigenvalue weighted by Gasteiger charge is 2.09. The van der Waals surface area contributed by atoms with Gasteiger partial charge >= 0.3 is 0 Å². The summed E-state index contributed by atoms with van der Waals surface area (Å²) in [5.74, 6) is 0.0709. The fourth-order valence-corrected chi connectivity index (χ4v) is 1.89. The third kappa shape index (κ3) is 3.11. The minimum Gasteiger partial charge on any atom is -0.507 e. The second kappa shape index (κ2) is 6.81. The number of anilines is 1. The zero-order chi connectivity index (χ0) is 13.5. The Morgan fingerprint density at radius 1 is 1.33 bits per heavy atom. The normalized spacial score (nSPS) is 11.4. The van der Waals surface area contributed by atoms with Crippen LogP contribution in [0.4, 0.5) is 5.69 Å². The lowest BCUT2D eigenvalue weighted by Gasteiger charge is -2.21. The molecule has 98 valence electrons. The first-order chi connectivity index (χ1) is 8.67. The lowest BCUT2D eigenvalue weighted by molar-refractivity contribution is -0.104. The van der Waals surface area contributed by atoms with Crippen LogP contribution in [0.3, 0.4) is 0 Å². The molecule has 0 atom stereocenters. The second-order valence-electron chi connectivity index (χ2n) is 3.86. The van der Waals surface area contributed by atoms with Crippen LogP contribution in [0.5, 0.6) is 5.75 Å². The number of carbonyl (C=O) groups is 1. The predicted octanol–water partition coefficient (Wildman–Crippen LogP) is 1.81. The number of aliphatic hydroxyl groups excluding tert-OH is 1. The smallest absolute Gasteiger partial charge is 0.143 e. The number of carbonyl (C=O) groups excluding carboxylic acids is 1. The second-order valence-corrected chi connectivity index (χ2v) is 3.86. The van der Waals surface area contributed by atoms with Gasteiger partial charge in [-0.2, -0.15) is 0 Å². The van der Waals surface area contributed by atoms with Gasteiger partial charge in [0.2, 0.25) is 0 Å². The van der Waals surface area contributed by atoms with Crippen molar-refractivity contribution in [2.45, 2.75) is 13.8 Å². The van der Waals surface area contributed by atoms with Crippen molar-refractivity contribution in [1.82, 2.24) is 0 Å². The van der Waals surface area contributed by atoms with Crippen molar-refractivity contribution in [2.75, 3.05) is 24.6 Å². The number of nitrogens with zero attached hydrogens (tertiary/aromatic N) is 1. The molecular formula is C14H19NO3. The fraction of sp³-hybridized carbons (Fsp3) is 0.357. The molecule has 1 rings (SSSR count). The lowest BCUT2D eigenvalue weighted by atomic mass is 10.0. The van der Waals surface area contributed by atoms with Crippen LogP contribution in [-0.2, 0) is 4.79 Å². The molecule has 0 bridgehead atoms. The maximum atomic E-state index is 10.4. The van der Waals surface area contributed by atoms with Gasteiger partial charge in [0.1, 0.15) is 12.0 Å². The van der Waals surface area contributed by atoms with E-state index in [2.05, 4.69) is 4.90 Å². The monoisotopic (exact) mass is 249 g/mol. The molecule has 1 aromatic carbocycles. The molecule has 2 N–H and O–H groups in total. The van der Waals surface area contributed by atoms with E-state index in [4.69, 9.17) is 5.11 Å². The number of benzene rings is 1. The first-order valence-electron chi connectivity index (χ1n) is 6.01. The summed E-state index contributed by atoms with van der Waals surface area (Å²) in [6.07, 6.45) is 1.86. The van der Waals surface area contributed by atoms with E-state index in [-0.39, 0.29) is 12.4 Å². The van der Waals surface area contributed by atoms with Gasteiger partial charge < -0.3 is 15.1 Å². The average Bonchev–Trinajstić information content (AvgIpc) is 2.38. The fourth-order valence-electron chi connectivity index (χ4n) is 1.89. The standard InChI is InChI=1S/C14H19NO3/c1-3-15(4-2)12-5-6-13(14(18)9-12)11(10-17)7-8-16/h5-9,17-18H,3-4,10H2,1-2H3/b11-7-. The van der Waals surface area contributed by atoms with Crippen LogP contribution < -0.4 is 4.90 Å². The molecule has 0 aromatic heterocycles. The summed E-state index contributed by atoms with van der Waals surface area (Å²) in [6.45, 7) is 5.51. The Labute approximate surface area is 107 Å². The first kappa shape index (κ1) is 14.3. The van der Waals surface area contributed by atoms with Gasteiger partial charge in [-0.25, -0.2) is 0 Å². The number of aldehydes is 1. The minimum absolute atomic E-state index is 0.0709. The molecule has 0 radical (unpaired) electrons. The lowest BCUT2D eigenvalue weighted by Crippen LogP contribution is -2.21. The molecule has 0 unspecified atom stereocenters. The van der Waals surface area contributed by atoms with Crippen LogP contribution in [0.1, 0.15) is 19.4 Å². The van der Waals surface area contributed by atoms with Crippen molar-refractivity contribution in [3.63, 3.8) is 0 Å². The van der Waals surface area contributed by atoms with E-state index in [1.165, 1.54) is 6.08 Å². The average molecular weight is 249 g/mol. The molecule has 0 aliphatic heterocycles. The number of hydrogen-bond donors (Lipinski definition) is 2. The molecule has 4 nitrogen and oxygen atoms in total. The molecule has 0 aliphatic rings. The van der Waals surface area contributed by atoms with Crippen molar-refractivity contribution in [3.05, 3.63) is 29.8 Å². The summed E-state index contributed by atoms with van der Waals surface area (Å²) >= 11 is 0. The zero-order valence-corrected chi connectivity index (χ0v) is 10.8. The van der Waals surface area contributed by atoms with Crippen LogP contribution in [0.25, 0.3) is 5.57 Å². The molecule has 4 heteroatoms. The third-order valence-corrected chi connectivity index (χ3v) is 2.90. The van der Waals surface area contributed by atoms with Crippen molar-refractivity contribution in [1.29, 1.82) is 0 Å². The van der Waals surface area contributed by atoms with E-state index < -0.39 is 0 Å². The van der Waals surface area contributed by atoms with Crippen LogP contribution in [0.2, 0.25) is 0 Å². The van der Waals surface area contributed by atoms with Gasteiger partial charge in [0.05, 0.1) is 6.61 Å². The van der Waals surface area contributed by atoms with E-state index in [1.807, 2.05) is 19.9 Å². The van der Waals surface area contributed by atoms with E-state index in [9.17, 15) is 9.90 Å². The van der Waals surface area contributed by atoms with Gasteiger partial charge in [-0.1, -0.05) is 0 Å². The molecule has 0 saturated carbocycles. The van der Waals surface area contributed by atoms with Gasteiger partial charge in [0, 0.05) is 30.4 Å². The molecule has 0 fully saturated rings. The molecule has 0 saturated heterocycles. The Bertz CT molecular complexity index is 437. The topological polar surface area (TPSA) is 60.8 Å². The van der Waals surface area contributed by atoms with Gasteiger partial charge in [-0.15, -0.1) is 0 Å². The number of aromatic hydroxyl groups is 1. The summed E-state index contributed by atoms with van der Waals surface area (Å²) < 4.78 is 0. The Morgan fingerprint density at radius 3 is 2.44 bits per heavy atom. The first-order valence-corrected chi connectivity index (χ1v) is 6.01. The molecule has 0 aliphatic carbocycles. The Morgan fingerprint density at radius 2 is 2.00 bits per heavy atom. The molecule has 1 aromatic rings. The molecule has 0 amide bonds. The molecule has 18 heavy (non-hydrogen) atoms. The van der Waals surface area contributed by atoms with E-state index in [0.29, 0.717) is 17.4 Å². The van der Waals surface area contributed by atoms with E-state index >= 15 is 0 Å². The molecule has 0 heterocycles. The summed E-state index contributed by atoms with van der Waals surface area (Å²) in [5.41, 5.74) is 1.82. The number of aliphatic hydroxyl groups is 1. The summed E-state index contributed by atoms with van der Waals surface area (Å²) in [5, 5.41) is 19.1. The maximum absolute atomic E-state index is 10.4. The van der Waals surface area contributed by atoms with Crippen molar-refractivity contribution in [2.24, 2.45) is 0 Å². The summed E-state index contributed by atoms with van der Waals surface area (Å²) in [4.78, 5) is 12.6. The van der Waals surface area contributed by atoms with Crippen molar-refractivity contribution < 1.29 is 15.0 Å². The van der Waals surface area contributed by atoms with Crippen LogP contribution in [0.15, 0.2) is 24.3 Å². The number of hydrogen-bond acceptors (Lipinski definition) is 4. The van der Waals surface area contributed by atoms with Gasteiger partial charge in [-0.05, 0) is 37.6 Å². The highest BCUT2D eigenvalue weighted by Crippen LogP contribution is 2.29. The SMILES string of the molecule is CCN(CC)c1ccc(/C(=C\C=O)CO)c(O)c1. The molecule has 0 spiro atoms. The van der Waals surface area contributed by atoms with E-state index in [0.717, 1.165) is 18.8 Å². The highest BCUT2D eigenvalue weighted by molar-refractivity contribution is 5.84. The maximum Gasteiger partial charge on any atom is 0.143 e. The van der Waals surface area contributed by atoms with Crippen LogP contribution in [0, 0.1) is 0 Å². The number of phenolic OH excluding ortho intramolecular Hbond substituents is 1. The number of rotatable bonds is 6. The summed E-state index contributed by atoms with van der Waals surface area (Å²) in [7, 11) is 0. The number of phenols is 1.